The Labute approximate surface area is 112 Å². The first-order valence-electron chi connectivity index (χ1n) is 6.03. The number of hydrogen-bond acceptors (Lipinski definition) is 3. The zero-order valence-corrected chi connectivity index (χ0v) is 12.7. The number of aromatic nitrogens is 2. The van der Waals surface area contributed by atoms with Gasteiger partial charge in [0.2, 0.25) is 0 Å². The fourth-order valence-corrected chi connectivity index (χ4v) is 2.35. The van der Waals surface area contributed by atoms with Crippen molar-refractivity contribution < 1.29 is 4.74 Å². The van der Waals surface area contributed by atoms with Crippen LogP contribution in [0.3, 0.4) is 0 Å². The van der Waals surface area contributed by atoms with Gasteiger partial charge in [0.1, 0.15) is 0 Å². The summed E-state index contributed by atoms with van der Waals surface area (Å²) in [6.07, 6.45) is 1.97. The van der Waals surface area contributed by atoms with Crippen molar-refractivity contribution in [2.75, 3.05) is 20.3 Å². The van der Waals surface area contributed by atoms with E-state index in [9.17, 15) is 0 Å². The van der Waals surface area contributed by atoms with Crippen molar-refractivity contribution >= 4 is 15.9 Å². The van der Waals surface area contributed by atoms with Crippen LogP contribution in [0.1, 0.15) is 24.7 Å². The third kappa shape index (κ3) is 4.08. The Morgan fingerprint density at radius 2 is 2.24 bits per heavy atom. The maximum absolute atomic E-state index is 5.40. The molecule has 1 heterocycles. The van der Waals surface area contributed by atoms with Gasteiger partial charge in [0.15, 0.2) is 0 Å². The molecule has 5 heteroatoms. The molecule has 0 saturated carbocycles. The summed E-state index contributed by atoms with van der Waals surface area (Å²) in [4.78, 5) is 0. The Kier molecular flexibility index (Phi) is 6.16. The van der Waals surface area contributed by atoms with Crippen molar-refractivity contribution in [3.05, 3.63) is 15.9 Å². The van der Waals surface area contributed by atoms with Crippen molar-refractivity contribution in [1.82, 2.24) is 15.1 Å². The highest BCUT2D eigenvalue weighted by Gasteiger charge is 2.15. The van der Waals surface area contributed by atoms with E-state index in [4.69, 9.17) is 4.74 Å². The van der Waals surface area contributed by atoms with Crippen LogP contribution in [-0.2, 0) is 18.2 Å². The van der Waals surface area contributed by atoms with Gasteiger partial charge in [0, 0.05) is 32.7 Å². The quantitative estimate of drug-likeness (QED) is 0.784. The first-order valence-corrected chi connectivity index (χ1v) is 6.82. The molecule has 0 aliphatic heterocycles. The molecule has 0 bridgehead atoms. The number of ether oxygens (including phenoxy) is 1. The Morgan fingerprint density at radius 1 is 1.53 bits per heavy atom. The average molecular weight is 304 g/mol. The van der Waals surface area contributed by atoms with Crippen LogP contribution in [0, 0.1) is 6.92 Å². The molecule has 1 aromatic rings. The smallest absolute Gasteiger partial charge is 0.0738 e. The molecule has 98 valence electrons. The van der Waals surface area contributed by atoms with Crippen LogP contribution in [-0.4, -0.2) is 36.1 Å². The van der Waals surface area contributed by atoms with Gasteiger partial charge in [-0.2, -0.15) is 5.10 Å². The molecule has 1 unspecified atom stereocenters. The van der Waals surface area contributed by atoms with Gasteiger partial charge >= 0.3 is 0 Å². The van der Waals surface area contributed by atoms with Crippen LogP contribution in [0.25, 0.3) is 0 Å². The number of nitrogens with zero attached hydrogens (tertiary/aromatic N) is 2. The summed E-state index contributed by atoms with van der Waals surface area (Å²) >= 11 is 3.60. The van der Waals surface area contributed by atoms with Crippen molar-refractivity contribution in [2.45, 2.75) is 32.7 Å². The van der Waals surface area contributed by atoms with Gasteiger partial charge in [-0.1, -0.05) is 0 Å². The molecule has 1 atom stereocenters. The predicted molar refractivity (Wildman–Crippen MR) is 73.3 cm³/mol. The Bertz CT molecular complexity index is 352. The second kappa shape index (κ2) is 7.13. The standard InChI is InChI=1S/C12H22BrN3O/c1-5-17-7-6-10(14-3)8-11-12(13)9(2)15-16(11)4/h10,14H,5-8H2,1-4H3. The van der Waals surface area contributed by atoms with E-state index in [2.05, 4.69) is 26.3 Å². The lowest BCUT2D eigenvalue weighted by Crippen LogP contribution is -2.30. The molecule has 0 radical (unpaired) electrons. The first kappa shape index (κ1) is 14.7. The van der Waals surface area contributed by atoms with Crippen LogP contribution in [0.4, 0.5) is 0 Å². The van der Waals surface area contributed by atoms with E-state index in [1.54, 1.807) is 0 Å². The molecule has 0 aliphatic rings. The summed E-state index contributed by atoms with van der Waals surface area (Å²) in [7, 11) is 3.98. The van der Waals surface area contributed by atoms with Gasteiger partial charge < -0.3 is 10.1 Å². The lowest BCUT2D eigenvalue weighted by atomic mass is 10.1. The summed E-state index contributed by atoms with van der Waals surface area (Å²) in [5.74, 6) is 0. The number of nitrogens with one attached hydrogen (secondary N) is 1. The maximum Gasteiger partial charge on any atom is 0.0738 e. The lowest BCUT2D eigenvalue weighted by Gasteiger charge is -2.16. The minimum absolute atomic E-state index is 0.424. The minimum atomic E-state index is 0.424. The van der Waals surface area contributed by atoms with E-state index in [0.29, 0.717) is 6.04 Å². The molecule has 0 aromatic carbocycles. The van der Waals surface area contributed by atoms with E-state index in [0.717, 1.165) is 36.2 Å². The van der Waals surface area contributed by atoms with Crippen LogP contribution in [0.2, 0.25) is 0 Å². The third-order valence-electron chi connectivity index (χ3n) is 2.92. The van der Waals surface area contributed by atoms with Gasteiger partial charge in [-0.15, -0.1) is 0 Å². The summed E-state index contributed by atoms with van der Waals surface area (Å²) in [6.45, 7) is 5.62. The Morgan fingerprint density at radius 3 is 2.71 bits per heavy atom. The van der Waals surface area contributed by atoms with Crippen molar-refractivity contribution in [2.24, 2.45) is 7.05 Å². The SMILES string of the molecule is CCOCCC(Cc1c(Br)c(C)nn1C)NC. The molecule has 0 fully saturated rings. The van der Waals surface area contributed by atoms with E-state index in [1.807, 2.05) is 32.6 Å². The van der Waals surface area contributed by atoms with Gasteiger partial charge in [-0.05, 0) is 43.2 Å². The van der Waals surface area contributed by atoms with E-state index < -0.39 is 0 Å². The highest BCUT2D eigenvalue weighted by atomic mass is 79.9. The molecule has 4 nitrogen and oxygen atoms in total. The molecular formula is C12H22BrN3O. The zero-order chi connectivity index (χ0) is 12.8. The highest BCUT2D eigenvalue weighted by molar-refractivity contribution is 9.10. The van der Waals surface area contributed by atoms with Crippen LogP contribution in [0.15, 0.2) is 4.47 Å². The van der Waals surface area contributed by atoms with Gasteiger partial charge in [-0.25, -0.2) is 0 Å². The van der Waals surface area contributed by atoms with Crippen LogP contribution >= 0.6 is 15.9 Å². The first-order chi connectivity index (χ1) is 8.10. The van der Waals surface area contributed by atoms with Crippen LogP contribution in [0.5, 0.6) is 0 Å². The monoisotopic (exact) mass is 303 g/mol. The average Bonchev–Trinajstić information content (AvgIpc) is 2.54. The molecule has 17 heavy (non-hydrogen) atoms. The summed E-state index contributed by atoms with van der Waals surface area (Å²) in [6, 6.07) is 0.424. The normalized spacial score (nSPS) is 13.0. The zero-order valence-electron chi connectivity index (χ0n) is 11.1. The van der Waals surface area contributed by atoms with Crippen molar-refractivity contribution in [3.63, 3.8) is 0 Å². The molecule has 1 N–H and O–H groups in total. The number of likely N-dealkylation sites (N-methyl/N-ethyl adjacent to an activating group) is 1. The van der Waals surface area contributed by atoms with E-state index >= 15 is 0 Å². The second-order valence-corrected chi connectivity index (χ2v) is 4.94. The van der Waals surface area contributed by atoms with Crippen LogP contribution < -0.4 is 5.32 Å². The highest BCUT2D eigenvalue weighted by Crippen LogP contribution is 2.21. The largest absolute Gasteiger partial charge is 0.382 e. The maximum atomic E-state index is 5.40. The van der Waals surface area contributed by atoms with Crippen molar-refractivity contribution in [1.29, 1.82) is 0 Å². The molecular weight excluding hydrogens is 282 g/mol. The molecule has 0 amide bonds. The third-order valence-corrected chi connectivity index (χ3v) is 3.96. The number of hydrogen-bond donors (Lipinski definition) is 1. The summed E-state index contributed by atoms with van der Waals surface area (Å²) in [5, 5.41) is 7.74. The summed E-state index contributed by atoms with van der Waals surface area (Å²) in [5.41, 5.74) is 2.28. The van der Waals surface area contributed by atoms with E-state index in [1.165, 1.54) is 5.69 Å². The molecule has 0 aliphatic carbocycles. The van der Waals surface area contributed by atoms with Crippen molar-refractivity contribution in [3.8, 4) is 0 Å². The molecule has 1 rings (SSSR count). The molecule has 1 aromatic heterocycles. The summed E-state index contributed by atoms with van der Waals surface area (Å²) < 4.78 is 8.47. The number of rotatable bonds is 7. The number of aryl methyl sites for hydroxylation is 2. The number of halogens is 1. The molecule has 0 saturated heterocycles. The Balaban J connectivity index is 2.60. The predicted octanol–water partition coefficient (Wildman–Crippen LogP) is 2.05. The van der Waals surface area contributed by atoms with Gasteiger partial charge in [0.25, 0.3) is 0 Å². The van der Waals surface area contributed by atoms with Gasteiger partial charge in [0.05, 0.1) is 15.9 Å². The Hall–Kier alpha value is -0.390. The fraction of sp³-hybridized carbons (Fsp3) is 0.750. The van der Waals surface area contributed by atoms with E-state index in [-0.39, 0.29) is 0 Å². The lowest BCUT2D eigenvalue weighted by molar-refractivity contribution is 0.137. The fourth-order valence-electron chi connectivity index (χ4n) is 1.85. The molecule has 0 spiro atoms. The second-order valence-electron chi connectivity index (χ2n) is 4.15. The minimum Gasteiger partial charge on any atom is -0.382 e. The topological polar surface area (TPSA) is 39.1 Å². The van der Waals surface area contributed by atoms with Gasteiger partial charge in [-0.3, -0.25) is 4.68 Å².